The summed E-state index contributed by atoms with van der Waals surface area (Å²) in [5.41, 5.74) is 8.44. The van der Waals surface area contributed by atoms with Crippen molar-refractivity contribution in [1.82, 2.24) is 5.32 Å². The van der Waals surface area contributed by atoms with E-state index < -0.39 is 0 Å². The van der Waals surface area contributed by atoms with E-state index in [1.54, 1.807) is 13.1 Å². The Balaban J connectivity index is 2.28. The second kappa shape index (κ2) is 5.29. The summed E-state index contributed by atoms with van der Waals surface area (Å²) in [5, 5.41) is 2.64. The van der Waals surface area contributed by atoms with Gasteiger partial charge in [-0.3, -0.25) is 4.79 Å². The molecule has 1 saturated heterocycles. The van der Waals surface area contributed by atoms with Crippen LogP contribution in [0.3, 0.4) is 0 Å². The van der Waals surface area contributed by atoms with Crippen molar-refractivity contribution in [2.75, 3.05) is 30.8 Å². The van der Waals surface area contributed by atoms with Gasteiger partial charge in [0.2, 0.25) is 0 Å². The van der Waals surface area contributed by atoms with Crippen molar-refractivity contribution in [2.24, 2.45) is 5.92 Å². The Labute approximate surface area is 108 Å². The molecule has 1 atom stereocenters. The lowest BCUT2D eigenvalue weighted by Crippen LogP contribution is -2.35. The van der Waals surface area contributed by atoms with Crippen molar-refractivity contribution < 1.29 is 4.79 Å². The van der Waals surface area contributed by atoms with Crippen molar-refractivity contribution >= 4 is 17.3 Å². The van der Waals surface area contributed by atoms with E-state index in [-0.39, 0.29) is 5.91 Å². The number of hydrogen-bond acceptors (Lipinski definition) is 3. The van der Waals surface area contributed by atoms with Crippen molar-refractivity contribution in [3.63, 3.8) is 0 Å². The van der Waals surface area contributed by atoms with E-state index >= 15 is 0 Å². The van der Waals surface area contributed by atoms with Gasteiger partial charge >= 0.3 is 0 Å². The molecule has 1 aromatic rings. The molecule has 0 aliphatic carbocycles. The lowest BCUT2D eigenvalue weighted by atomic mass is 9.99. The van der Waals surface area contributed by atoms with E-state index in [4.69, 9.17) is 5.73 Å². The summed E-state index contributed by atoms with van der Waals surface area (Å²) in [6.07, 6.45) is 2.45. The summed E-state index contributed by atoms with van der Waals surface area (Å²) in [4.78, 5) is 13.9. The molecule has 18 heavy (non-hydrogen) atoms. The monoisotopic (exact) mass is 247 g/mol. The second-order valence-electron chi connectivity index (χ2n) is 5.05. The molecule has 0 bridgehead atoms. The summed E-state index contributed by atoms with van der Waals surface area (Å²) < 4.78 is 0. The number of nitrogen functional groups attached to an aromatic ring is 1. The first kappa shape index (κ1) is 12.7. The van der Waals surface area contributed by atoms with Crippen LogP contribution < -0.4 is 16.0 Å². The van der Waals surface area contributed by atoms with Gasteiger partial charge < -0.3 is 16.0 Å². The lowest BCUT2D eigenvalue weighted by molar-refractivity contribution is 0.0963. The van der Waals surface area contributed by atoms with Crippen LogP contribution in [0, 0.1) is 5.92 Å². The highest BCUT2D eigenvalue weighted by molar-refractivity contribution is 5.96. The van der Waals surface area contributed by atoms with Gasteiger partial charge in [0.15, 0.2) is 0 Å². The molecular weight excluding hydrogens is 226 g/mol. The molecular formula is C14H21N3O. The molecule has 1 aliphatic rings. The van der Waals surface area contributed by atoms with Gasteiger partial charge in [0.25, 0.3) is 5.91 Å². The van der Waals surface area contributed by atoms with E-state index in [1.165, 1.54) is 12.8 Å². The quantitative estimate of drug-likeness (QED) is 0.784. The smallest absolute Gasteiger partial charge is 0.251 e. The van der Waals surface area contributed by atoms with Crippen LogP contribution in [0.25, 0.3) is 0 Å². The van der Waals surface area contributed by atoms with Gasteiger partial charge in [0, 0.05) is 25.7 Å². The van der Waals surface area contributed by atoms with Crippen molar-refractivity contribution in [3.8, 4) is 0 Å². The van der Waals surface area contributed by atoms with Gasteiger partial charge in [-0.15, -0.1) is 0 Å². The van der Waals surface area contributed by atoms with E-state index in [0.29, 0.717) is 11.5 Å². The van der Waals surface area contributed by atoms with Gasteiger partial charge in [-0.25, -0.2) is 0 Å². The molecule has 0 radical (unpaired) electrons. The fourth-order valence-corrected chi connectivity index (χ4v) is 2.51. The molecule has 2 rings (SSSR count). The minimum atomic E-state index is -0.0682. The number of carbonyl (C=O) groups excluding carboxylic acids is 1. The molecule has 0 aromatic heterocycles. The van der Waals surface area contributed by atoms with Gasteiger partial charge in [-0.1, -0.05) is 6.92 Å². The zero-order valence-electron chi connectivity index (χ0n) is 11.1. The summed E-state index contributed by atoms with van der Waals surface area (Å²) >= 11 is 0. The van der Waals surface area contributed by atoms with Gasteiger partial charge in [-0.05, 0) is 37.0 Å². The number of amides is 1. The van der Waals surface area contributed by atoms with Gasteiger partial charge in [-0.2, -0.15) is 0 Å². The average molecular weight is 247 g/mol. The van der Waals surface area contributed by atoms with E-state index in [1.807, 2.05) is 12.1 Å². The topological polar surface area (TPSA) is 58.4 Å². The lowest BCUT2D eigenvalue weighted by Gasteiger charge is -2.33. The van der Waals surface area contributed by atoms with E-state index in [0.717, 1.165) is 24.5 Å². The van der Waals surface area contributed by atoms with Crippen LogP contribution in [-0.4, -0.2) is 26.0 Å². The Morgan fingerprint density at radius 3 is 2.94 bits per heavy atom. The van der Waals surface area contributed by atoms with Crippen molar-refractivity contribution in [3.05, 3.63) is 23.8 Å². The third kappa shape index (κ3) is 2.58. The zero-order chi connectivity index (χ0) is 13.1. The number of benzene rings is 1. The largest absolute Gasteiger partial charge is 0.397 e. The third-order valence-electron chi connectivity index (χ3n) is 3.52. The highest BCUT2D eigenvalue weighted by atomic mass is 16.1. The molecule has 98 valence electrons. The Kier molecular flexibility index (Phi) is 3.75. The Morgan fingerprint density at radius 1 is 1.50 bits per heavy atom. The fourth-order valence-electron chi connectivity index (χ4n) is 2.51. The number of rotatable bonds is 2. The van der Waals surface area contributed by atoms with Crippen molar-refractivity contribution in [1.29, 1.82) is 0 Å². The molecule has 4 heteroatoms. The summed E-state index contributed by atoms with van der Waals surface area (Å²) in [5.74, 6) is 0.614. The molecule has 1 fully saturated rings. The maximum Gasteiger partial charge on any atom is 0.251 e. The molecule has 1 unspecified atom stereocenters. The summed E-state index contributed by atoms with van der Waals surface area (Å²) in [7, 11) is 1.64. The van der Waals surface area contributed by atoms with Crippen LogP contribution >= 0.6 is 0 Å². The molecule has 1 heterocycles. The highest BCUT2D eigenvalue weighted by Gasteiger charge is 2.19. The van der Waals surface area contributed by atoms with Crippen LogP contribution in [0.2, 0.25) is 0 Å². The van der Waals surface area contributed by atoms with Crippen LogP contribution in [0.5, 0.6) is 0 Å². The average Bonchev–Trinajstić information content (AvgIpc) is 2.38. The Morgan fingerprint density at radius 2 is 2.28 bits per heavy atom. The number of nitrogens with zero attached hydrogens (tertiary/aromatic N) is 1. The molecule has 1 amide bonds. The van der Waals surface area contributed by atoms with E-state index in [2.05, 4.69) is 17.1 Å². The molecule has 0 saturated carbocycles. The number of nitrogens with two attached hydrogens (primary N) is 1. The molecule has 3 N–H and O–H groups in total. The SMILES string of the molecule is CNC(=O)c1ccc(N)c(N2CCCC(C)C2)c1. The van der Waals surface area contributed by atoms with Crippen LogP contribution in [0.4, 0.5) is 11.4 Å². The Bertz CT molecular complexity index is 445. The number of hydrogen-bond donors (Lipinski definition) is 2. The predicted octanol–water partition coefficient (Wildman–Crippen LogP) is 1.86. The molecule has 4 nitrogen and oxygen atoms in total. The zero-order valence-corrected chi connectivity index (χ0v) is 11.1. The first-order chi connectivity index (χ1) is 8.61. The minimum Gasteiger partial charge on any atom is -0.397 e. The maximum atomic E-state index is 11.7. The number of piperidine rings is 1. The van der Waals surface area contributed by atoms with Crippen LogP contribution in [-0.2, 0) is 0 Å². The third-order valence-corrected chi connectivity index (χ3v) is 3.52. The first-order valence-corrected chi connectivity index (χ1v) is 6.48. The fraction of sp³-hybridized carbons (Fsp3) is 0.500. The first-order valence-electron chi connectivity index (χ1n) is 6.48. The van der Waals surface area contributed by atoms with E-state index in [9.17, 15) is 4.79 Å². The summed E-state index contributed by atoms with van der Waals surface area (Å²) in [6.45, 7) is 4.29. The number of anilines is 2. The maximum absolute atomic E-state index is 11.7. The van der Waals surface area contributed by atoms with Crippen molar-refractivity contribution in [2.45, 2.75) is 19.8 Å². The number of carbonyl (C=O) groups is 1. The van der Waals surface area contributed by atoms with Crippen LogP contribution in [0.15, 0.2) is 18.2 Å². The highest BCUT2D eigenvalue weighted by Crippen LogP contribution is 2.29. The minimum absolute atomic E-state index is 0.0682. The van der Waals surface area contributed by atoms with Crippen LogP contribution in [0.1, 0.15) is 30.1 Å². The molecule has 1 aliphatic heterocycles. The normalized spacial score (nSPS) is 19.7. The predicted molar refractivity (Wildman–Crippen MR) is 74.9 cm³/mol. The number of nitrogens with one attached hydrogen (secondary N) is 1. The van der Waals surface area contributed by atoms with Gasteiger partial charge in [0.05, 0.1) is 11.4 Å². The second-order valence-corrected chi connectivity index (χ2v) is 5.05. The van der Waals surface area contributed by atoms with Gasteiger partial charge in [0.1, 0.15) is 0 Å². The standard InChI is InChI=1S/C14H21N3O/c1-10-4-3-7-17(9-10)13-8-11(14(18)16-2)5-6-12(13)15/h5-6,8,10H,3-4,7,9,15H2,1-2H3,(H,16,18). The Hall–Kier alpha value is -1.71. The molecule has 0 spiro atoms. The molecule has 1 aromatic carbocycles. The summed E-state index contributed by atoms with van der Waals surface area (Å²) in [6, 6.07) is 5.48.